The summed E-state index contributed by atoms with van der Waals surface area (Å²) in [5.74, 6) is 1.74. The molecule has 8 heteroatoms. The highest BCUT2D eigenvalue weighted by atomic mass is 35.5. The fourth-order valence-corrected chi connectivity index (χ4v) is 6.50. The number of hydrogen-bond donors (Lipinski definition) is 2. The summed E-state index contributed by atoms with van der Waals surface area (Å²) in [6.07, 6.45) is 2.03. The summed E-state index contributed by atoms with van der Waals surface area (Å²) in [6.45, 7) is 2.87. The molecule has 1 fully saturated rings. The molecule has 0 amide bonds. The van der Waals surface area contributed by atoms with Crippen molar-refractivity contribution >= 4 is 46.3 Å². The molecule has 2 unspecified atom stereocenters. The van der Waals surface area contributed by atoms with Crippen molar-refractivity contribution in [3.63, 3.8) is 0 Å². The van der Waals surface area contributed by atoms with Crippen molar-refractivity contribution in [2.45, 2.75) is 35.4 Å². The number of nitrogens with one attached hydrogen (secondary N) is 2. The Labute approximate surface area is 207 Å². The zero-order chi connectivity index (χ0) is 22.8. The fourth-order valence-electron chi connectivity index (χ4n) is 4.40. The summed E-state index contributed by atoms with van der Waals surface area (Å²) < 4.78 is 1.84. The molecule has 2 N–H and O–H groups in total. The van der Waals surface area contributed by atoms with Gasteiger partial charge in [-0.15, -0.1) is 11.8 Å². The lowest BCUT2D eigenvalue weighted by atomic mass is 9.80. The Hall–Kier alpha value is -2.32. The van der Waals surface area contributed by atoms with Crippen LogP contribution >= 0.6 is 34.7 Å². The molecule has 4 aromatic rings. The molecule has 0 aliphatic carbocycles. The Balaban J connectivity index is 1.40. The van der Waals surface area contributed by atoms with Gasteiger partial charge >= 0.3 is 0 Å². The Morgan fingerprint density at radius 3 is 2.79 bits per heavy atom. The van der Waals surface area contributed by atoms with E-state index in [9.17, 15) is 0 Å². The van der Waals surface area contributed by atoms with Crippen LogP contribution in [0.5, 0.6) is 0 Å². The van der Waals surface area contributed by atoms with E-state index in [1.165, 1.54) is 5.56 Å². The van der Waals surface area contributed by atoms with Gasteiger partial charge in [0, 0.05) is 29.8 Å². The number of rotatable bonds is 6. The van der Waals surface area contributed by atoms with Gasteiger partial charge in [-0.05, 0) is 66.4 Å². The number of pyridine rings is 1. The predicted octanol–water partition coefficient (Wildman–Crippen LogP) is 6.37. The third kappa shape index (κ3) is 4.68. The van der Waals surface area contributed by atoms with Crippen LogP contribution in [0.15, 0.2) is 70.3 Å². The van der Waals surface area contributed by atoms with Crippen LogP contribution in [0.3, 0.4) is 0 Å². The van der Waals surface area contributed by atoms with Gasteiger partial charge in [-0.2, -0.15) is 16.4 Å². The molecule has 3 aromatic heterocycles. The molecule has 5 rings (SSSR count). The number of hydrogen-bond acceptors (Lipinski definition) is 6. The predicted molar refractivity (Wildman–Crippen MR) is 139 cm³/mol. The highest BCUT2D eigenvalue weighted by molar-refractivity contribution is 8.00. The van der Waals surface area contributed by atoms with Crippen LogP contribution in [0.25, 0.3) is 0 Å². The fraction of sp³-hybridized carbons (Fsp3) is 0.280. The van der Waals surface area contributed by atoms with Crippen LogP contribution in [0.1, 0.15) is 29.8 Å². The van der Waals surface area contributed by atoms with Gasteiger partial charge < -0.3 is 10.6 Å². The summed E-state index contributed by atoms with van der Waals surface area (Å²) in [6, 6.07) is 18.5. The maximum absolute atomic E-state index is 6.41. The number of nitrogens with zero attached hydrogens (tertiary/aromatic N) is 3. The number of thiophene rings is 1. The van der Waals surface area contributed by atoms with Crippen molar-refractivity contribution in [3.8, 4) is 0 Å². The summed E-state index contributed by atoms with van der Waals surface area (Å²) in [5.41, 5.74) is 2.97. The van der Waals surface area contributed by atoms with Gasteiger partial charge in [-0.3, -0.25) is 4.68 Å². The zero-order valence-electron chi connectivity index (χ0n) is 18.6. The molecule has 5 nitrogen and oxygen atoms in total. The normalized spacial score (nSPS) is 20.6. The number of aromatic nitrogens is 3. The van der Waals surface area contributed by atoms with Crippen LogP contribution in [0.4, 0.5) is 11.6 Å². The number of thioether (sulfide) groups is 1. The highest BCUT2D eigenvalue weighted by Gasteiger charge is 2.40. The number of anilines is 2. The summed E-state index contributed by atoms with van der Waals surface area (Å²) in [5, 5.41) is 17.4. The average Bonchev–Trinajstić information content (AvgIpc) is 3.46. The molecule has 33 heavy (non-hydrogen) atoms. The molecule has 1 aliphatic rings. The van der Waals surface area contributed by atoms with Crippen LogP contribution in [-0.4, -0.2) is 26.6 Å². The first-order valence-electron chi connectivity index (χ1n) is 11.0. The Morgan fingerprint density at radius 1 is 1.21 bits per heavy atom. The minimum Gasteiger partial charge on any atom is -0.325 e. The molecule has 1 aromatic carbocycles. The standard InChI is InChI=1S/C25H26ClN5S2/c1-17-14-24(31(2)30-17)29-23-9-5-8-22(28-23)25(18-11-13-32-16-18)12-10-19(15-27-25)33-21-7-4-3-6-20(21)26/h3-9,11,13-14,16,19,27H,10,12,15H2,1-2H3,(H,28,29). The number of piperidine rings is 1. The van der Waals surface area contributed by atoms with Crippen LogP contribution in [0, 0.1) is 6.92 Å². The van der Waals surface area contributed by atoms with Crippen molar-refractivity contribution in [2.75, 3.05) is 11.9 Å². The quantitative estimate of drug-likeness (QED) is 0.325. The first-order valence-corrected chi connectivity index (χ1v) is 13.2. The van der Waals surface area contributed by atoms with Crippen molar-refractivity contribution in [1.82, 2.24) is 20.1 Å². The largest absolute Gasteiger partial charge is 0.325 e. The molecule has 0 saturated carbocycles. The number of halogens is 1. The molecule has 2 atom stereocenters. The molecule has 170 valence electrons. The van der Waals surface area contributed by atoms with Gasteiger partial charge in [-0.1, -0.05) is 29.8 Å². The smallest absolute Gasteiger partial charge is 0.131 e. The summed E-state index contributed by atoms with van der Waals surface area (Å²) in [4.78, 5) is 6.20. The van der Waals surface area contributed by atoms with Gasteiger partial charge in [-0.25, -0.2) is 4.98 Å². The van der Waals surface area contributed by atoms with Gasteiger partial charge in [0.2, 0.25) is 0 Å². The van der Waals surface area contributed by atoms with E-state index in [1.807, 2.05) is 60.7 Å². The van der Waals surface area contributed by atoms with Crippen molar-refractivity contribution < 1.29 is 0 Å². The maximum Gasteiger partial charge on any atom is 0.131 e. The first-order chi connectivity index (χ1) is 16.0. The molecule has 0 bridgehead atoms. The van der Waals surface area contributed by atoms with E-state index < -0.39 is 0 Å². The second-order valence-electron chi connectivity index (χ2n) is 8.33. The minimum absolute atomic E-state index is 0.308. The third-order valence-corrected chi connectivity index (χ3v) is 8.53. The van der Waals surface area contributed by atoms with Crippen molar-refractivity contribution in [3.05, 3.63) is 87.3 Å². The van der Waals surface area contributed by atoms with Crippen LogP contribution in [0.2, 0.25) is 5.02 Å². The molecule has 0 radical (unpaired) electrons. The van der Waals surface area contributed by atoms with E-state index in [0.29, 0.717) is 5.25 Å². The van der Waals surface area contributed by atoms with Gasteiger partial charge in [0.05, 0.1) is 21.9 Å². The maximum atomic E-state index is 6.41. The minimum atomic E-state index is -0.308. The molecular weight excluding hydrogens is 470 g/mol. The average molecular weight is 496 g/mol. The van der Waals surface area contributed by atoms with Gasteiger partial charge in [0.25, 0.3) is 0 Å². The van der Waals surface area contributed by atoms with E-state index >= 15 is 0 Å². The highest BCUT2D eigenvalue weighted by Crippen LogP contribution is 2.42. The van der Waals surface area contributed by atoms with E-state index in [1.54, 1.807) is 11.3 Å². The Bertz CT molecular complexity index is 1230. The molecular formula is C25H26ClN5S2. The molecule has 0 spiro atoms. The first kappa shape index (κ1) is 22.5. The monoisotopic (exact) mass is 495 g/mol. The molecule has 1 saturated heterocycles. The van der Waals surface area contributed by atoms with Gasteiger partial charge in [0.1, 0.15) is 11.6 Å². The number of benzene rings is 1. The van der Waals surface area contributed by atoms with Crippen molar-refractivity contribution in [2.24, 2.45) is 7.05 Å². The van der Waals surface area contributed by atoms with E-state index in [4.69, 9.17) is 16.6 Å². The lowest BCUT2D eigenvalue weighted by Gasteiger charge is -2.41. The molecule has 4 heterocycles. The molecule has 1 aliphatic heterocycles. The van der Waals surface area contributed by atoms with E-state index in [0.717, 1.165) is 52.3 Å². The SMILES string of the molecule is Cc1cc(Nc2cccc(C3(c4ccsc4)CCC(Sc4ccccc4Cl)CN3)n2)n(C)n1. The van der Waals surface area contributed by atoms with Crippen LogP contribution < -0.4 is 10.6 Å². The second-order valence-corrected chi connectivity index (χ2v) is 10.9. The Kier molecular flexibility index (Phi) is 6.47. The van der Waals surface area contributed by atoms with Gasteiger partial charge in [0.15, 0.2) is 0 Å². The van der Waals surface area contributed by atoms with E-state index in [-0.39, 0.29) is 5.54 Å². The third-order valence-electron chi connectivity index (χ3n) is 6.06. The summed E-state index contributed by atoms with van der Waals surface area (Å²) >= 11 is 9.99. The lowest BCUT2D eigenvalue weighted by molar-refractivity contribution is 0.310. The van der Waals surface area contributed by atoms with E-state index in [2.05, 4.69) is 50.8 Å². The van der Waals surface area contributed by atoms with Crippen molar-refractivity contribution in [1.29, 1.82) is 0 Å². The lowest BCUT2D eigenvalue weighted by Crippen LogP contribution is -2.50. The van der Waals surface area contributed by atoms with Crippen LogP contribution in [-0.2, 0) is 12.6 Å². The summed E-state index contributed by atoms with van der Waals surface area (Å²) in [7, 11) is 1.94. The Morgan fingerprint density at radius 2 is 2.09 bits per heavy atom. The number of aryl methyl sites for hydroxylation is 2. The second kappa shape index (κ2) is 9.50. The zero-order valence-corrected chi connectivity index (χ0v) is 21.0. The topological polar surface area (TPSA) is 54.8 Å².